The first-order valence-electron chi connectivity index (χ1n) is 7.96. The molecular weight excluding hydrogens is 326 g/mol. The zero-order valence-corrected chi connectivity index (χ0v) is 14.2. The van der Waals surface area contributed by atoms with Gasteiger partial charge in [0.2, 0.25) is 0 Å². The maximum Gasteiger partial charge on any atom is 0.318 e. The predicted molar refractivity (Wildman–Crippen MR) is 92.9 cm³/mol. The number of amides is 2. The molecule has 6 heteroatoms. The molecule has 0 spiro atoms. The first-order valence-corrected chi connectivity index (χ1v) is 8.34. The van der Waals surface area contributed by atoms with Crippen molar-refractivity contribution < 1.29 is 9.53 Å². The Kier molecular flexibility index (Phi) is 5.33. The van der Waals surface area contributed by atoms with E-state index in [0.717, 1.165) is 11.1 Å². The Bertz CT molecular complexity index is 696. The molecule has 0 bridgehead atoms. The van der Waals surface area contributed by atoms with Crippen LogP contribution in [-0.2, 0) is 4.74 Å². The summed E-state index contributed by atoms with van der Waals surface area (Å²) in [6, 6.07) is 11.2. The van der Waals surface area contributed by atoms with Gasteiger partial charge >= 0.3 is 6.03 Å². The topological polar surface area (TPSA) is 54.5 Å². The van der Waals surface area contributed by atoms with Crippen LogP contribution >= 0.6 is 11.6 Å². The number of nitrogens with zero attached hydrogens (tertiary/aromatic N) is 2. The second-order valence-corrected chi connectivity index (χ2v) is 6.19. The van der Waals surface area contributed by atoms with Crippen LogP contribution in [0.15, 0.2) is 48.8 Å². The van der Waals surface area contributed by atoms with Crippen LogP contribution in [0.3, 0.4) is 0 Å². The third-order valence-corrected chi connectivity index (χ3v) is 4.47. The first kappa shape index (κ1) is 16.7. The molecule has 0 radical (unpaired) electrons. The number of carbonyl (C=O) groups excluding carboxylic acids is 1. The van der Waals surface area contributed by atoms with Crippen molar-refractivity contribution in [1.82, 2.24) is 15.2 Å². The Morgan fingerprint density at radius 3 is 2.96 bits per heavy atom. The van der Waals surface area contributed by atoms with E-state index in [1.807, 2.05) is 43.3 Å². The minimum Gasteiger partial charge on any atom is -0.370 e. The third-order valence-electron chi connectivity index (χ3n) is 4.13. The number of hydrogen-bond acceptors (Lipinski definition) is 3. The van der Waals surface area contributed by atoms with Gasteiger partial charge < -0.3 is 15.0 Å². The van der Waals surface area contributed by atoms with Crippen molar-refractivity contribution in [3.8, 4) is 0 Å². The first-order chi connectivity index (χ1) is 11.6. The molecule has 1 fully saturated rings. The molecule has 0 unspecified atom stereocenters. The van der Waals surface area contributed by atoms with E-state index in [1.165, 1.54) is 0 Å². The summed E-state index contributed by atoms with van der Waals surface area (Å²) in [5.41, 5.74) is 1.89. The molecule has 1 saturated heterocycles. The standard InChI is InChI=1S/C18H20ClN3O2/c1-13(14-5-4-8-20-11-14)21-18(23)22-9-10-24-17(12-22)15-6-2-3-7-16(15)19/h2-8,11,13,17H,9-10,12H2,1H3,(H,21,23)/t13-,17+/m1/s1. The molecule has 2 atom stereocenters. The van der Waals surface area contributed by atoms with Gasteiger partial charge in [-0.3, -0.25) is 4.98 Å². The monoisotopic (exact) mass is 345 g/mol. The number of hydrogen-bond donors (Lipinski definition) is 1. The van der Waals surface area contributed by atoms with E-state index in [4.69, 9.17) is 16.3 Å². The molecule has 1 aliphatic heterocycles. The summed E-state index contributed by atoms with van der Waals surface area (Å²) in [6.45, 7) is 3.48. The number of benzene rings is 1. The number of nitrogens with one attached hydrogen (secondary N) is 1. The number of urea groups is 1. The van der Waals surface area contributed by atoms with Crippen molar-refractivity contribution in [3.63, 3.8) is 0 Å². The van der Waals surface area contributed by atoms with Gasteiger partial charge in [0.1, 0.15) is 6.10 Å². The quantitative estimate of drug-likeness (QED) is 0.925. The van der Waals surface area contributed by atoms with Gasteiger partial charge in [-0.1, -0.05) is 35.9 Å². The molecule has 2 amide bonds. The average molecular weight is 346 g/mol. The molecule has 1 N–H and O–H groups in total. The molecule has 126 valence electrons. The van der Waals surface area contributed by atoms with Gasteiger partial charge in [-0.15, -0.1) is 0 Å². The lowest BCUT2D eigenvalue weighted by Gasteiger charge is -2.34. The molecule has 5 nitrogen and oxygen atoms in total. The van der Waals surface area contributed by atoms with Gasteiger partial charge in [0.05, 0.1) is 19.2 Å². The Balaban J connectivity index is 1.64. The Morgan fingerprint density at radius 2 is 2.21 bits per heavy atom. The van der Waals surface area contributed by atoms with Crippen LogP contribution in [0, 0.1) is 0 Å². The molecule has 0 saturated carbocycles. The van der Waals surface area contributed by atoms with Gasteiger partial charge in [0, 0.05) is 29.5 Å². The van der Waals surface area contributed by atoms with Crippen LogP contribution in [0.25, 0.3) is 0 Å². The molecular formula is C18H20ClN3O2. The van der Waals surface area contributed by atoms with Crippen LogP contribution in [0.1, 0.15) is 30.2 Å². The Labute approximate surface area is 146 Å². The zero-order chi connectivity index (χ0) is 16.9. The molecule has 1 aromatic heterocycles. The van der Waals surface area contributed by atoms with Crippen molar-refractivity contribution in [2.75, 3.05) is 19.7 Å². The van der Waals surface area contributed by atoms with Crippen LogP contribution in [0.5, 0.6) is 0 Å². The summed E-state index contributed by atoms with van der Waals surface area (Å²) in [7, 11) is 0. The Hall–Kier alpha value is -2.11. The van der Waals surface area contributed by atoms with Crippen LogP contribution in [0.4, 0.5) is 4.79 Å². The van der Waals surface area contributed by atoms with E-state index in [9.17, 15) is 4.79 Å². The average Bonchev–Trinajstić information content (AvgIpc) is 2.63. The van der Waals surface area contributed by atoms with Gasteiger partial charge in [0.25, 0.3) is 0 Å². The molecule has 1 aliphatic rings. The van der Waals surface area contributed by atoms with Crippen LogP contribution in [-0.4, -0.2) is 35.6 Å². The minimum atomic E-state index is -0.202. The molecule has 3 rings (SSSR count). The SMILES string of the molecule is C[C@@H](NC(=O)N1CCO[C@H](c2ccccc2Cl)C1)c1cccnc1. The lowest BCUT2D eigenvalue weighted by Crippen LogP contribution is -2.47. The molecule has 24 heavy (non-hydrogen) atoms. The van der Waals surface area contributed by atoms with Crippen molar-refractivity contribution in [2.24, 2.45) is 0 Å². The maximum atomic E-state index is 12.5. The molecule has 0 aliphatic carbocycles. The highest BCUT2D eigenvalue weighted by molar-refractivity contribution is 6.31. The smallest absolute Gasteiger partial charge is 0.318 e. The Morgan fingerprint density at radius 1 is 1.38 bits per heavy atom. The van der Waals surface area contributed by atoms with Crippen LogP contribution < -0.4 is 5.32 Å². The zero-order valence-electron chi connectivity index (χ0n) is 13.5. The number of carbonyl (C=O) groups is 1. The van der Waals surface area contributed by atoms with Crippen LogP contribution in [0.2, 0.25) is 5.02 Å². The van der Waals surface area contributed by atoms with E-state index in [2.05, 4.69) is 10.3 Å². The number of pyridine rings is 1. The van der Waals surface area contributed by atoms with Crippen molar-refractivity contribution in [1.29, 1.82) is 0 Å². The highest BCUT2D eigenvalue weighted by Crippen LogP contribution is 2.28. The van der Waals surface area contributed by atoms with E-state index < -0.39 is 0 Å². The maximum absolute atomic E-state index is 12.5. The number of morpholine rings is 1. The summed E-state index contributed by atoms with van der Waals surface area (Å²) in [4.78, 5) is 18.4. The number of halogens is 1. The molecule has 2 aromatic rings. The summed E-state index contributed by atoms with van der Waals surface area (Å²) >= 11 is 6.24. The highest BCUT2D eigenvalue weighted by atomic mass is 35.5. The van der Waals surface area contributed by atoms with Crippen molar-refractivity contribution in [2.45, 2.75) is 19.1 Å². The van der Waals surface area contributed by atoms with Gasteiger partial charge in [0.15, 0.2) is 0 Å². The summed E-state index contributed by atoms with van der Waals surface area (Å²) in [5, 5.41) is 3.67. The second-order valence-electron chi connectivity index (χ2n) is 5.78. The van der Waals surface area contributed by atoms with Crippen molar-refractivity contribution in [3.05, 3.63) is 64.9 Å². The summed E-state index contributed by atoms with van der Waals surface area (Å²) in [6.07, 6.45) is 3.28. The second kappa shape index (κ2) is 7.64. The van der Waals surface area contributed by atoms with E-state index in [1.54, 1.807) is 17.3 Å². The van der Waals surface area contributed by atoms with Crippen molar-refractivity contribution >= 4 is 17.6 Å². The van der Waals surface area contributed by atoms with Gasteiger partial charge in [-0.2, -0.15) is 0 Å². The fraction of sp³-hybridized carbons (Fsp3) is 0.333. The van der Waals surface area contributed by atoms with Gasteiger partial charge in [-0.25, -0.2) is 4.79 Å². The molecule has 1 aromatic carbocycles. The highest BCUT2D eigenvalue weighted by Gasteiger charge is 2.27. The fourth-order valence-corrected chi connectivity index (χ4v) is 3.01. The van der Waals surface area contributed by atoms with Gasteiger partial charge in [-0.05, 0) is 24.6 Å². The summed E-state index contributed by atoms with van der Waals surface area (Å²) in [5.74, 6) is 0. The van der Waals surface area contributed by atoms with E-state index in [-0.39, 0.29) is 18.2 Å². The molecule has 2 heterocycles. The summed E-state index contributed by atoms with van der Waals surface area (Å²) < 4.78 is 5.80. The third kappa shape index (κ3) is 3.86. The predicted octanol–water partition coefficient (Wildman–Crippen LogP) is 3.58. The lowest BCUT2D eigenvalue weighted by atomic mass is 10.1. The normalized spacial score (nSPS) is 18.9. The van der Waals surface area contributed by atoms with E-state index >= 15 is 0 Å². The van der Waals surface area contributed by atoms with E-state index in [0.29, 0.717) is 24.7 Å². The number of rotatable bonds is 3. The lowest BCUT2D eigenvalue weighted by molar-refractivity contribution is -0.0156. The fourth-order valence-electron chi connectivity index (χ4n) is 2.75. The number of ether oxygens (including phenoxy) is 1. The minimum absolute atomic E-state index is 0.104. The number of aromatic nitrogens is 1. The largest absolute Gasteiger partial charge is 0.370 e.